The highest BCUT2D eigenvalue weighted by atomic mass is 16.2. The molecule has 1 aliphatic rings. The summed E-state index contributed by atoms with van der Waals surface area (Å²) in [6.45, 7) is 3.04. The van der Waals surface area contributed by atoms with E-state index in [1.165, 1.54) is 0 Å². The highest BCUT2D eigenvalue weighted by molar-refractivity contribution is 5.96. The molecule has 0 unspecified atom stereocenters. The molecule has 1 heterocycles. The number of rotatable bonds is 5. The van der Waals surface area contributed by atoms with Gasteiger partial charge in [0.05, 0.1) is 6.54 Å². The second-order valence-corrected chi connectivity index (χ2v) is 7.05. The predicted molar refractivity (Wildman–Crippen MR) is 107 cm³/mol. The van der Waals surface area contributed by atoms with Crippen molar-refractivity contribution in [1.29, 1.82) is 0 Å². The van der Waals surface area contributed by atoms with Crippen molar-refractivity contribution >= 4 is 17.7 Å². The van der Waals surface area contributed by atoms with Crippen LogP contribution in [0.4, 0.5) is 0 Å². The van der Waals surface area contributed by atoms with E-state index < -0.39 is 0 Å². The molecule has 0 aromatic heterocycles. The van der Waals surface area contributed by atoms with Crippen LogP contribution in [0.5, 0.6) is 0 Å². The molecule has 6 heteroatoms. The number of nitrogens with zero attached hydrogens (tertiary/aromatic N) is 1. The van der Waals surface area contributed by atoms with Gasteiger partial charge in [-0.3, -0.25) is 14.4 Å². The first-order valence-electron chi connectivity index (χ1n) is 9.51. The summed E-state index contributed by atoms with van der Waals surface area (Å²) in [5.74, 6) is -0.438. The highest BCUT2D eigenvalue weighted by Crippen LogP contribution is 2.12. The number of piperidine rings is 1. The molecule has 3 amide bonds. The molecule has 1 aliphatic heterocycles. The summed E-state index contributed by atoms with van der Waals surface area (Å²) in [5, 5.41) is 5.71. The Bertz CT molecular complexity index is 843. The molecule has 2 N–H and O–H groups in total. The molecular weight excluding hydrogens is 354 g/mol. The van der Waals surface area contributed by atoms with Crippen LogP contribution < -0.4 is 10.6 Å². The van der Waals surface area contributed by atoms with Gasteiger partial charge in [-0.15, -0.1) is 0 Å². The lowest BCUT2D eigenvalue weighted by Crippen LogP contribution is -2.49. The Morgan fingerprint density at radius 3 is 2.29 bits per heavy atom. The number of carbonyl (C=O) groups excluding carboxylic acids is 3. The molecular formula is C22H25N3O3. The van der Waals surface area contributed by atoms with Crippen LogP contribution in [0, 0.1) is 6.92 Å². The van der Waals surface area contributed by atoms with Crippen LogP contribution >= 0.6 is 0 Å². The second kappa shape index (κ2) is 9.17. The van der Waals surface area contributed by atoms with Crippen LogP contribution in [-0.4, -0.2) is 48.3 Å². The van der Waals surface area contributed by atoms with Gasteiger partial charge in [-0.1, -0.05) is 35.9 Å². The third kappa shape index (κ3) is 5.19. The highest BCUT2D eigenvalue weighted by Gasteiger charge is 2.24. The largest absolute Gasteiger partial charge is 0.349 e. The Morgan fingerprint density at radius 2 is 1.61 bits per heavy atom. The minimum absolute atomic E-state index is 0.0200. The Kier molecular flexibility index (Phi) is 6.42. The summed E-state index contributed by atoms with van der Waals surface area (Å²) >= 11 is 0. The van der Waals surface area contributed by atoms with Crippen molar-refractivity contribution in [1.82, 2.24) is 15.5 Å². The van der Waals surface area contributed by atoms with Crippen LogP contribution in [0.2, 0.25) is 0 Å². The third-order valence-electron chi connectivity index (χ3n) is 4.90. The maximum absolute atomic E-state index is 12.4. The van der Waals surface area contributed by atoms with E-state index >= 15 is 0 Å². The first kappa shape index (κ1) is 19.6. The first-order chi connectivity index (χ1) is 13.5. The van der Waals surface area contributed by atoms with Crippen molar-refractivity contribution in [2.45, 2.75) is 25.8 Å². The monoisotopic (exact) mass is 379 g/mol. The van der Waals surface area contributed by atoms with Crippen molar-refractivity contribution in [3.05, 3.63) is 71.3 Å². The maximum atomic E-state index is 12.4. The van der Waals surface area contributed by atoms with Crippen molar-refractivity contribution in [3.63, 3.8) is 0 Å². The molecule has 1 saturated heterocycles. The van der Waals surface area contributed by atoms with E-state index in [1.54, 1.807) is 29.2 Å². The van der Waals surface area contributed by atoms with Gasteiger partial charge in [0.15, 0.2) is 0 Å². The fourth-order valence-corrected chi connectivity index (χ4v) is 3.29. The van der Waals surface area contributed by atoms with Crippen molar-refractivity contribution in [2.75, 3.05) is 19.6 Å². The number of benzene rings is 2. The summed E-state index contributed by atoms with van der Waals surface area (Å²) in [5.41, 5.74) is 2.19. The van der Waals surface area contributed by atoms with Gasteiger partial charge in [0.25, 0.3) is 11.8 Å². The van der Waals surface area contributed by atoms with E-state index in [2.05, 4.69) is 10.6 Å². The molecule has 0 saturated carbocycles. The molecule has 6 nitrogen and oxygen atoms in total. The van der Waals surface area contributed by atoms with E-state index in [4.69, 9.17) is 0 Å². The number of aryl methyl sites for hydroxylation is 1. The van der Waals surface area contributed by atoms with Crippen LogP contribution in [0.1, 0.15) is 39.1 Å². The average molecular weight is 379 g/mol. The van der Waals surface area contributed by atoms with Gasteiger partial charge in [-0.2, -0.15) is 0 Å². The van der Waals surface area contributed by atoms with Gasteiger partial charge in [0.1, 0.15) is 0 Å². The lowest BCUT2D eigenvalue weighted by atomic mass is 10.0. The van der Waals surface area contributed by atoms with Gasteiger partial charge in [0.2, 0.25) is 5.91 Å². The quantitative estimate of drug-likeness (QED) is 0.836. The van der Waals surface area contributed by atoms with Crippen LogP contribution in [0.25, 0.3) is 0 Å². The van der Waals surface area contributed by atoms with Crippen LogP contribution in [0.15, 0.2) is 54.6 Å². The summed E-state index contributed by atoms with van der Waals surface area (Å²) < 4.78 is 0. The molecule has 0 spiro atoms. The smallest absolute Gasteiger partial charge is 0.251 e. The topological polar surface area (TPSA) is 78.5 Å². The minimum Gasteiger partial charge on any atom is -0.349 e. The van der Waals surface area contributed by atoms with Gasteiger partial charge in [0, 0.05) is 30.3 Å². The normalized spacial score (nSPS) is 14.4. The van der Waals surface area contributed by atoms with E-state index in [1.807, 2.05) is 37.3 Å². The summed E-state index contributed by atoms with van der Waals surface area (Å²) in [6, 6.07) is 16.4. The Morgan fingerprint density at radius 1 is 0.929 bits per heavy atom. The summed E-state index contributed by atoms with van der Waals surface area (Å²) in [7, 11) is 0. The fraction of sp³-hybridized carbons (Fsp3) is 0.318. The van der Waals surface area contributed by atoms with Crippen molar-refractivity contribution < 1.29 is 14.4 Å². The molecule has 0 aliphatic carbocycles. The lowest BCUT2D eigenvalue weighted by molar-refractivity contribution is -0.131. The van der Waals surface area contributed by atoms with Gasteiger partial charge in [-0.25, -0.2) is 0 Å². The third-order valence-corrected chi connectivity index (χ3v) is 4.90. The number of nitrogens with one attached hydrogen (secondary N) is 2. The lowest BCUT2D eigenvalue weighted by Gasteiger charge is -2.32. The second-order valence-electron chi connectivity index (χ2n) is 7.05. The van der Waals surface area contributed by atoms with Crippen molar-refractivity contribution in [3.8, 4) is 0 Å². The molecule has 1 fully saturated rings. The van der Waals surface area contributed by atoms with Gasteiger partial charge >= 0.3 is 0 Å². The van der Waals surface area contributed by atoms with E-state index in [0.717, 1.165) is 5.56 Å². The average Bonchev–Trinajstić information content (AvgIpc) is 2.73. The fourth-order valence-electron chi connectivity index (χ4n) is 3.29. The molecule has 0 radical (unpaired) electrons. The van der Waals surface area contributed by atoms with E-state index in [-0.39, 0.29) is 30.3 Å². The number of carbonyl (C=O) groups is 3. The Balaban J connectivity index is 1.42. The first-order valence-corrected chi connectivity index (χ1v) is 9.51. The number of amides is 3. The summed E-state index contributed by atoms with van der Waals surface area (Å²) in [6.07, 6.45) is 1.41. The Hall–Kier alpha value is -3.15. The van der Waals surface area contributed by atoms with E-state index in [9.17, 15) is 14.4 Å². The van der Waals surface area contributed by atoms with Crippen LogP contribution in [0.3, 0.4) is 0 Å². The van der Waals surface area contributed by atoms with Gasteiger partial charge < -0.3 is 15.5 Å². The number of hydrogen-bond donors (Lipinski definition) is 2. The summed E-state index contributed by atoms with van der Waals surface area (Å²) in [4.78, 5) is 38.5. The number of hydrogen-bond acceptors (Lipinski definition) is 3. The predicted octanol–water partition coefficient (Wildman–Crippen LogP) is 2.15. The standard InChI is InChI=1S/C22H25N3O3/c1-16-6-5-9-18(14-16)21(27)23-15-20(26)25-12-10-19(11-13-25)24-22(28)17-7-3-2-4-8-17/h2-9,14,19H,10-13,15H2,1H3,(H,23,27)(H,24,28). The minimum atomic E-state index is -0.248. The maximum Gasteiger partial charge on any atom is 0.251 e. The zero-order valence-electron chi connectivity index (χ0n) is 16.0. The molecule has 2 aromatic carbocycles. The Labute approximate surface area is 164 Å². The zero-order chi connectivity index (χ0) is 19.9. The molecule has 3 rings (SSSR count). The molecule has 28 heavy (non-hydrogen) atoms. The van der Waals surface area contributed by atoms with E-state index in [0.29, 0.717) is 37.1 Å². The van der Waals surface area contributed by atoms with Crippen molar-refractivity contribution in [2.24, 2.45) is 0 Å². The van der Waals surface area contributed by atoms with Gasteiger partial charge in [-0.05, 0) is 44.0 Å². The molecule has 0 atom stereocenters. The molecule has 2 aromatic rings. The number of likely N-dealkylation sites (tertiary alicyclic amines) is 1. The SMILES string of the molecule is Cc1cccc(C(=O)NCC(=O)N2CCC(NC(=O)c3ccccc3)CC2)c1. The zero-order valence-corrected chi connectivity index (χ0v) is 16.0. The van der Waals surface area contributed by atoms with Crippen LogP contribution in [-0.2, 0) is 4.79 Å². The molecule has 146 valence electrons. The molecule has 0 bridgehead atoms.